The minimum absolute atomic E-state index is 0.0195. The van der Waals surface area contributed by atoms with Crippen LogP contribution in [0, 0.1) is 10.1 Å². The van der Waals surface area contributed by atoms with Crippen molar-refractivity contribution in [1.82, 2.24) is 9.97 Å². The van der Waals surface area contributed by atoms with Crippen molar-refractivity contribution in [3.63, 3.8) is 0 Å². The van der Waals surface area contributed by atoms with Gasteiger partial charge in [-0.05, 0) is 12.1 Å². The Balaban J connectivity index is 2.40. The van der Waals surface area contributed by atoms with Gasteiger partial charge in [0.2, 0.25) is 0 Å². The number of aromatic carboxylic acids is 1. The first kappa shape index (κ1) is 12.7. The molecule has 104 valence electrons. The van der Waals surface area contributed by atoms with E-state index in [0.717, 1.165) is 6.20 Å². The van der Waals surface area contributed by atoms with Crippen molar-refractivity contribution in [3.05, 3.63) is 56.5 Å². The molecule has 0 saturated carbocycles. The number of hydrogen-bond acceptors (Lipinski definition) is 5. The van der Waals surface area contributed by atoms with Gasteiger partial charge in [-0.15, -0.1) is 0 Å². The molecule has 21 heavy (non-hydrogen) atoms. The highest BCUT2D eigenvalue weighted by Gasteiger charge is 2.16. The number of fused-ring (bicyclic) bond motifs is 3. The Bertz CT molecular complexity index is 977. The van der Waals surface area contributed by atoms with Gasteiger partial charge in [-0.2, -0.15) is 0 Å². The summed E-state index contributed by atoms with van der Waals surface area (Å²) in [5, 5.41) is 20.3. The summed E-state index contributed by atoms with van der Waals surface area (Å²) in [5.74, 6) is -1.11. The van der Waals surface area contributed by atoms with E-state index in [1.54, 1.807) is 0 Å². The molecular weight excluding hydrogens is 278 g/mol. The fraction of sp³-hybridized carbons (Fsp3) is 0. The maximum absolute atomic E-state index is 12.0. The molecule has 3 aromatic rings. The molecule has 8 heteroatoms. The Morgan fingerprint density at radius 2 is 2.14 bits per heavy atom. The highest BCUT2D eigenvalue weighted by molar-refractivity contribution is 6.04. The Morgan fingerprint density at radius 3 is 2.81 bits per heavy atom. The molecule has 0 radical (unpaired) electrons. The average molecular weight is 285 g/mol. The van der Waals surface area contributed by atoms with E-state index in [-0.39, 0.29) is 10.9 Å². The Labute approximate surface area is 115 Å². The van der Waals surface area contributed by atoms with Gasteiger partial charge in [-0.1, -0.05) is 6.07 Å². The van der Waals surface area contributed by atoms with Crippen molar-refractivity contribution in [2.75, 3.05) is 0 Å². The summed E-state index contributed by atoms with van der Waals surface area (Å²) in [6.07, 6.45) is 2.18. The van der Waals surface area contributed by atoms with Gasteiger partial charge in [0.25, 0.3) is 5.43 Å². The van der Waals surface area contributed by atoms with Gasteiger partial charge >= 0.3 is 11.7 Å². The minimum atomic E-state index is -1.11. The van der Waals surface area contributed by atoms with E-state index >= 15 is 0 Å². The summed E-state index contributed by atoms with van der Waals surface area (Å²) in [7, 11) is 0. The zero-order valence-electron chi connectivity index (χ0n) is 10.4. The molecular formula is C13H7N3O5. The van der Waals surface area contributed by atoms with Gasteiger partial charge in [0, 0.05) is 11.6 Å². The molecule has 0 unspecified atom stereocenters. The van der Waals surface area contributed by atoms with Crippen LogP contribution in [0.25, 0.3) is 21.8 Å². The van der Waals surface area contributed by atoms with Crippen LogP contribution in [-0.2, 0) is 0 Å². The van der Waals surface area contributed by atoms with Gasteiger partial charge in [-0.3, -0.25) is 19.9 Å². The smallest absolute Gasteiger partial charge is 0.337 e. The van der Waals surface area contributed by atoms with E-state index in [0.29, 0.717) is 16.4 Å². The number of nitro groups is 1. The Hall–Kier alpha value is -3.29. The molecule has 1 aromatic carbocycles. The number of hydrogen-bond donors (Lipinski definition) is 2. The van der Waals surface area contributed by atoms with Crippen molar-refractivity contribution in [2.45, 2.75) is 0 Å². The number of pyridine rings is 2. The number of nitrogens with one attached hydrogen (secondary N) is 1. The molecule has 2 heterocycles. The van der Waals surface area contributed by atoms with Gasteiger partial charge in [0.15, 0.2) is 0 Å². The average Bonchev–Trinajstić information content (AvgIpc) is 2.46. The fourth-order valence-electron chi connectivity index (χ4n) is 2.13. The molecule has 0 aliphatic rings. The lowest BCUT2D eigenvalue weighted by atomic mass is 10.1. The van der Waals surface area contributed by atoms with Crippen LogP contribution in [0.1, 0.15) is 10.4 Å². The zero-order valence-corrected chi connectivity index (χ0v) is 10.4. The topological polar surface area (TPSA) is 126 Å². The van der Waals surface area contributed by atoms with Crippen molar-refractivity contribution < 1.29 is 14.8 Å². The minimum Gasteiger partial charge on any atom is -0.478 e. The summed E-state index contributed by atoms with van der Waals surface area (Å²) < 4.78 is 0. The molecule has 0 atom stereocenters. The maximum Gasteiger partial charge on any atom is 0.337 e. The monoisotopic (exact) mass is 285 g/mol. The molecule has 3 rings (SSSR count). The van der Waals surface area contributed by atoms with Gasteiger partial charge in [0.1, 0.15) is 0 Å². The van der Waals surface area contributed by atoms with Crippen molar-refractivity contribution in [1.29, 1.82) is 0 Å². The van der Waals surface area contributed by atoms with E-state index in [1.165, 1.54) is 24.4 Å². The molecule has 0 aliphatic carbocycles. The molecule has 8 nitrogen and oxygen atoms in total. The van der Waals surface area contributed by atoms with Crippen molar-refractivity contribution in [3.8, 4) is 0 Å². The van der Waals surface area contributed by atoms with Crippen LogP contribution in [-0.4, -0.2) is 26.0 Å². The summed E-state index contributed by atoms with van der Waals surface area (Å²) in [4.78, 5) is 39.6. The third-order valence-electron chi connectivity index (χ3n) is 3.13. The molecule has 0 spiro atoms. The number of carbonyl (C=O) groups is 1. The third kappa shape index (κ3) is 1.89. The molecule has 0 fully saturated rings. The number of rotatable bonds is 2. The van der Waals surface area contributed by atoms with Gasteiger partial charge < -0.3 is 10.1 Å². The van der Waals surface area contributed by atoms with E-state index in [1.807, 2.05) is 0 Å². The quantitative estimate of drug-likeness (QED) is 0.419. The maximum atomic E-state index is 12.0. The van der Waals surface area contributed by atoms with E-state index in [4.69, 9.17) is 5.11 Å². The lowest BCUT2D eigenvalue weighted by molar-refractivity contribution is -0.386. The summed E-state index contributed by atoms with van der Waals surface area (Å²) in [6, 6.07) is 4.34. The first-order chi connectivity index (χ1) is 9.99. The number of H-pyrrole nitrogens is 1. The second-order valence-corrected chi connectivity index (χ2v) is 4.35. The molecule has 0 amide bonds. The predicted octanol–water partition coefficient (Wildman–Crippen LogP) is 1.68. The predicted molar refractivity (Wildman–Crippen MR) is 73.5 cm³/mol. The zero-order chi connectivity index (χ0) is 15.1. The molecule has 0 aliphatic heterocycles. The van der Waals surface area contributed by atoms with Crippen LogP contribution in [0.3, 0.4) is 0 Å². The van der Waals surface area contributed by atoms with Crippen LogP contribution in [0.15, 0.2) is 35.4 Å². The first-order valence-electron chi connectivity index (χ1n) is 5.81. The second kappa shape index (κ2) is 4.37. The van der Waals surface area contributed by atoms with E-state index in [2.05, 4.69) is 9.97 Å². The molecule has 2 N–H and O–H groups in total. The van der Waals surface area contributed by atoms with Gasteiger partial charge in [0.05, 0.1) is 33.1 Å². The van der Waals surface area contributed by atoms with Crippen LogP contribution < -0.4 is 5.43 Å². The summed E-state index contributed by atoms with van der Waals surface area (Å²) >= 11 is 0. The van der Waals surface area contributed by atoms with Crippen molar-refractivity contribution in [2.24, 2.45) is 0 Å². The van der Waals surface area contributed by atoms with E-state index < -0.39 is 22.0 Å². The Kier molecular flexibility index (Phi) is 2.65. The molecule has 0 bridgehead atoms. The lowest BCUT2D eigenvalue weighted by Crippen LogP contribution is -2.09. The highest BCUT2D eigenvalue weighted by Crippen LogP contribution is 2.22. The normalized spacial score (nSPS) is 10.9. The van der Waals surface area contributed by atoms with Crippen LogP contribution in [0.5, 0.6) is 0 Å². The standard InChI is InChI=1S/C13H7N3O5/c17-12-8-2-1-6-3-7(13(18)19)4-14-10(6)11(8)15-5-9(12)16(20)21/h1-5H,(H,15,17)(H,18,19). The second-order valence-electron chi connectivity index (χ2n) is 4.35. The summed E-state index contributed by atoms with van der Waals surface area (Å²) in [6.45, 7) is 0. The SMILES string of the molecule is O=C(O)c1cnc2c(ccc3c(=O)c([N+](=O)[O-])c[nH]c32)c1. The molecule has 0 saturated heterocycles. The van der Waals surface area contributed by atoms with E-state index in [9.17, 15) is 19.7 Å². The number of carboxylic acids is 1. The third-order valence-corrected chi connectivity index (χ3v) is 3.13. The number of carboxylic acid groups (broad SMARTS) is 1. The van der Waals surface area contributed by atoms with Gasteiger partial charge in [-0.25, -0.2) is 4.79 Å². The highest BCUT2D eigenvalue weighted by atomic mass is 16.6. The van der Waals surface area contributed by atoms with Crippen LogP contribution in [0.4, 0.5) is 5.69 Å². The van der Waals surface area contributed by atoms with Crippen LogP contribution >= 0.6 is 0 Å². The molecule has 2 aromatic heterocycles. The first-order valence-corrected chi connectivity index (χ1v) is 5.81. The van der Waals surface area contributed by atoms with Crippen LogP contribution in [0.2, 0.25) is 0 Å². The number of nitrogens with zero attached hydrogens (tertiary/aromatic N) is 2. The lowest BCUT2D eigenvalue weighted by Gasteiger charge is -2.03. The largest absolute Gasteiger partial charge is 0.478 e. The number of benzene rings is 1. The number of aromatic nitrogens is 2. The summed E-state index contributed by atoms with van der Waals surface area (Å²) in [5.41, 5.74) is -0.528. The van der Waals surface area contributed by atoms with Crippen molar-refractivity contribution >= 4 is 33.5 Å². The number of aromatic amines is 1. The Morgan fingerprint density at radius 1 is 1.38 bits per heavy atom. The fourth-order valence-corrected chi connectivity index (χ4v) is 2.13.